The number of anilines is 1. The molecule has 3 aromatic rings. The second-order valence-electron chi connectivity index (χ2n) is 8.44. The Morgan fingerprint density at radius 3 is 2.91 bits per heavy atom. The molecule has 2 aliphatic heterocycles. The molecule has 1 aromatic heterocycles. The molecule has 0 fully saturated rings. The molecule has 3 N–H and O–H groups in total. The van der Waals surface area contributed by atoms with Crippen LogP contribution in [-0.2, 0) is 11.2 Å². The number of nitrogens with two attached hydrogens (primary N) is 1. The highest BCUT2D eigenvalue weighted by Gasteiger charge is 2.26. The highest BCUT2D eigenvalue weighted by atomic mass is 16.5. The zero-order valence-corrected chi connectivity index (χ0v) is 18.6. The van der Waals surface area contributed by atoms with Gasteiger partial charge in [0.1, 0.15) is 23.1 Å². The van der Waals surface area contributed by atoms with E-state index in [-0.39, 0.29) is 18.4 Å². The van der Waals surface area contributed by atoms with Crippen LogP contribution < -0.4 is 25.5 Å². The molecule has 2 aliphatic rings. The highest BCUT2D eigenvalue weighted by molar-refractivity contribution is 5.92. The van der Waals surface area contributed by atoms with Crippen LogP contribution in [-0.4, -0.2) is 55.9 Å². The van der Waals surface area contributed by atoms with Crippen molar-refractivity contribution in [2.24, 2.45) is 10.8 Å². The van der Waals surface area contributed by atoms with Crippen LogP contribution >= 0.6 is 0 Å². The van der Waals surface area contributed by atoms with Crippen LogP contribution in [0.15, 0.2) is 41.5 Å². The number of methoxy groups -OCH3 is 1. The van der Waals surface area contributed by atoms with Gasteiger partial charge in [-0.2, -0.15) is 5.10 Å². The Kier molecular flexibility index (Phi) is 5.45. The lowest BCUT2D eigenvalue weighted by Gasteiger charge is -2.26. The van der Waals surface area contributed by atoms with E-state index in [0.717, 1.165) is 46.5 Å². The lowest BCUT2D eigenvalue weighted by Crippen LogP contribution is -2.32. The molecule has 2 aromatic carbocycles. The van der Waals surface area contributed by atoms with Gasteiger partial charge in [-0.3, -0.25) is 4.79 Å². The fourth-order valence-corrected chi connectivity index (χ4v) is 4.37. The predicted octanol–water partition coefficient (Wildman–Crippen LogP) is 1.95. The Hall–Kier alpha value is -3.88. The number of hydrogen-bond acceptors (Lipinski definition) is 8. The molecule has 0 saturated heterocycles. The first-order valence-electron chi connectivity index (χ1n) is 10.9. The largest absolute Gasteiger partial charge is 0.497 e. The number of nitrogens with one attached hydrogen (secondary N) is 1. The standard InChI is InChI=1S/C24H26N6O3/c1-30(12-22(25)31)24-19-9-14(17-10-26-27-11-17)3-5-20(19)28-23(29-24)16-7-15-8-18(32-2)4-6-21(15)33-13-16/h3-6,8-10,16-17,27H,7,11-13H2,1-2H3,(H2,25,31). The predicted molar refractivity (Wildman–Crippen MR) is 126 cm³/mol. The Morgan fingerprint density at radius 1 is 1.27 bits per heavy atom. The van der Waals surface area contributed by atoms with Gasteiger partial charge < -0.3 is 25.5 Å². The fraction of sp³-hybridized carbons (Fsp3) is 0.333. The third-order valence-electron chi connectivity index (χ3n) is 6.10. The smallest absolute Gasteiger partial charge is 0.236 e. The number of ether oxygens (including phenoxy) is 2. The summed E-state index contributed by atoms with van der Waals surface area (Å²) in [7, 11) is 3.47. The van der Waals surface area contributed by atoms with Crippen molar-refractivity contribution >= 4 is 28.8 Å². The molecule has 2 unspecified atom stereocenters. The molecule has 170 valence electrons. The van der Waals surface area contributed by atoms with Gasteiger partial charge in [-0.1, -0.05) is 6.07 Å². The number of carbonyl (C=O) groups excluding carboxylic acids is 1. The highest BCUT2D eigenvalue weighted by Crippen LogP contribution is 2.35. The van der Waals surface area contributed by atoms with Crippen molar-refractivity contribution in [1.29, 1.82) is 0 Å². The molecule has 1 amide bonds. The first kappa shape index (κ1) is 21.0. The van der Waals surface area contributed by atoms with Crippen molar-refractivity contribution in [1.82, 2.24) is 15.4 Å². The third-order valence-corrected chi connectivity index (χ3v) is 6.10. The number of benzene rings is 2. The summed E-state index contributed by atoms with van der Waals surface area (Å²) >= 11 is 0. The van der Waals surface area contributed by atoms with Gasteiger partial charge >= 0.3 is 0 Å². The molecule has 9 heteroatoms. The number of aromatic nitrogens is 2. The van der Waals surface area contributed by atoms with E-state index in [1.165, 1.54) is 0 Å². The van der Waals surface area contributed by atoms with Gasteiger partial charge in [0.05, 0.1) is 31.7 Å². The minimum absolute atomic E-state index is 0.0272. The molecule has 3 heterocycles. The van der Waals surface area contributed by atoms with Crippen LogP contribution in [0.2, 0.25) is 0 Å². The minimum atomic E-state index is -0.420. The van der Waals surface area contributed by atoms with Gasteiger partial charge in [0, 0.05) is 31.1 Å². The SMILES string of the molecule is COc1ccc2c(c1)CC(c1nc(N(C)CC(N)=O)c3cc(C4C=NNC4)ccc3n1)CO2. The molecule has 9 nitrogen and oxygen atoms in total. The van der Waals surface area contributed by atoms with E-state index < -0.39 is 5.91 Å². The second kappa shape index (κ2) is 8.57. The first-order valence-corrected chi connectivity index (χ1v) is 10.9. The number of amides is 1. The Bertz CT molecular complexity index is 1240. The molecule has 2 atom stereocenters. The van der Waals surface area contributed by atoms with Crippen LogP contribution in [0.25, 0.3) is 10.9 Å². The summed E-state index contributed by atoms with van der Waals surface area (Å²) < 4.78 is 11.4. The van der Waals surface area contributed by atoms with Crippen LogP contribution in [0.4, 0.5) is 5.82 Å². The maximum absolute atomic E-state index is 11.7. The number of carbonyl (C=O) groups is 1. The molecule has 0 aliphatic carbocycles. The summed E-state index contributed by atoms with van der Waals surface area (Å²) in [6, 6.07) is 12.0. The van der Waals surface area contributed by atoms with Crippen LogP contribution in [0.3, 0.4) is 0 Å². The summed E-state index contributed by atoms with van der Waals surface area (Å²) in [5.41, 5.74) is 11.5. The second-order valence-corrected chi connectivity index (χ2v) is 8.44. The number of fused-ring (bicyclic) bond motifs is 2. The summed E-state index contributed by atoms with van der Waals surface area (Å²) in [4.78, 5) is 23.2. The van der Waals surface area contributed by atoms with Crippen molar-refractivity contribution in [2.45, 2.75) is 18.3 Å². The molecule has 0 radical (unpaired) electrons. The monoisotopic (exact) mass is 446 g/mol. The van der Waals surface area contributed by atoms with Crippen LogP contribution in [0.1, 0.15) is 28.8 Å². The van der Waals surface area contributed by atoms with Gasteiger partial charge in [0.15, 0.2) is 0 Å². The number of primary amides is 1. The van der Waals surface area contributed by atoms with Crippen molar-refractivity contribution in [3.8, 4) is 11.5 Å². The zero-order valence-electron chi connectivity index (χ0n) is 18.6. The summed E-state index contributed by atoms with van der Waals surface area (Å²) in [6.07, 6.45) is 2.63. The lowest BCUT2D eigenvalue weighted by molar-refractivity contribution is -0.116. The number of rotatable bonds is 6. The van der Waals surface area contributed by atoms with Crippen molar-refractivity contribution in [3.05, 3.63) is 53.3 Å². The van der Waals surface area contributed by atoms with Gasteiger partial charge in [-0.05, 0) is 47.9 Å². The molecule has 5 rings (SSSR count). The normalized spacial score (nSPS) is 19.0. The summed E-state index contributed by atoms with van der Waals surface area (Å²) in [6.45, 7) is 1.29. The lowest BCUT2D eigenvalue weighted by atomic mass is 9.95. The Morgan fingerprint density at radius 2 is 2.15 bits per heavy atom. The van der Waals surface area contributed by atoms with E-state index in [1.807, 2.05) is 37.5 Å². The molecule has 0 bridgehead atoms. The first-order chi connectivity index (χ1) is 16.0. The third kappa shape index (κ3) is 4.13. The van der Waals surface area contributed by atoms with E-state index in [2.05, 4.69) is 22.7 Å². The molecular formula is C24H26N6O3. The fourth-order valence-electron chi connectivity index (χ4n) is 4.37. The van der Waals surface area contributed by atoms with E-state index in [0.29, 0.717) is 18.2 Å². The van der Waals surface area contributed by atoms with Crippen molar-refractivity contribution in [2.75, 3.05) is 38.8 Å². The maximum Gasteiger partial charge on any atom is 0.236 e. The minimum Gasteiger partial charge on any atom is -0.497 e. The zero-order chi connectivity index (χ0) is 22.9. The van der Waals surface area contributed by atoms with E-state index in [9.17, 15) is 4.79 Å². The number of hydrazone groups is 1. The molecular weight excluding hydrogens is 420 g/mol. The Balaban J connectivity index is 1.55. The maximum atomic E-state index is 11.7. The van der Waals surface area contributed by atoms with E-state index >= 15 is 0 Å². The Labute approximate surface area is 191 Å². The average Bonchev–Trinajstić information content (AvgIpc) is 3.37. The van der Waals surface area contributed by atoms with Crippen molar-refractivity contribution < 1.29 is 14.3 Å². The average molecular weight is 447 g/mol. The number of likely N-dealkylation sites (N-methyl/N-ethyl adjacent to an activating group) is 1. The van der Waals surface area contributed by atoms with Gasteiger partial charge in [-0.25, -0.2) is 9.97 Å². The quantitative estimate of drug-likeness (QED) is 0.595. The van der Waals surface area contributed by atoms with E-state index in [4.69, 9.17) is 25.2 Å². The van der Waals surface area contributed by atoms with E-state index in [1.54, 1.807) is 12.0 Å². The topological polar surface area (TPSA) is 115 Å². The number of hydrogen-bond donors (Lipinski definition) is 2. The van der Waals surface area contributed by atoms with Gasteiger partial charge in [-0.15, -0.1) is 0 Å². The van der Waals surface area contributed by atoms with Crippen LogP contribution in [0, 0.1) is 0 Å². The van der Waals surface area contributed by atoms with Crippen molar-refractivity contribution in [3.63, 3.8) is 0 Å². The summed E-state index contributed by atoms with van der Waals surface area (Å²) in [5.74, 6) is 2.74. The molecule has 0 saturated carbocycles. The number of nitrogens with zero attached hydrogens (tertiary/aromatic N) is 4. The summed E-state index contributed by atoms with van der Waals surface area (Å²) in [5, 5.41) is 5.00. The van der Waals surface area contributed by atoms with Gasteiger partial charge in [0.25, 0.3) is 0 Å². The molecule has 33 heavy (non-hydrogen) atoms. The molecule has 0 spiro atoms. The van der Waals surface area contributed by atoms with Crippen LogP contribution in [0.5, 0.6) is 11.5 Å². The van der Waals surface area contributed by atoms with Gasteiger partial charge in [0.2, 0.25) is 5.91 Å².